The number of carboxylic acids is 1. The lowest BCUT2D eigenvalue weighted by Crippen LogP contribution is -2.50. The van der Waals surface area contributed by atoms with Gasteiger partial charge in [-0.15, -0.1) is 11.3 Å². The highest BCUT2D eigenvalue weighted by atomic mass is 35.5. The minimum atomic E-state index is -0.720. The molecule has 0 bridgehead atoms. The number of piperazine rings is 1. The molecule has 2 aliphatic heterocycles. The molecule has 0 radical (unpaired) electrons. The lowest BCUT2D eigenvalue weighted by atomic mass is 9.94. The first-order valence-corrected chi connectivity index (χ1v) is 17.0. The second-order valence-corrected chi connectivity index (χ2v) is 14.0. The highest BCUT2D eigenvalue weighted by molar-refractivity contribution is 7.21. The van der Waals surface area contributed by atoms with Crippen molar-refractivity contribution >= 4 is 67.8 Å². The van der Waals surface area contributed by atoms with Crippen molar-refractivity contribution in [3.05, 3.63) is 39.3 Å². The van der Waals surface area contributed by atoms with Gasteiger partial charge in [0.2, 0.25) is 0 Å². The number of hydrogen-bond acceptors (Lipinski definition) is 9. The number of pyridine rings is 1. The molecule has 0 aromatic carbocycles. The van der Waals surface area contributed by atoms with Gasteiger partial charge in [0.05, 0.1) is 20.8 Å². The van der Waals surface area contributed by atoms with Gasteiger partial charge < -0.3 is 20.2 Å². The van der Waals surface area contributed by atoms with Crippen molar-refractivity contribution in [1.29, 1.82) is 0 Å². The molecule has 3 aliphatic rings. The third-order valence-electron chi connectivity index (χ3n) is 8.57. The van der Waals surface area contributed by atoms with Gasteiger partial charge >= 0.3 is 5.97 Å². The lowest BCUT2D eigenvalue weighted by Gasteiger charge is -2.41. The van der Waals surface area contributed by atoms with E-state index in [0.717, 1.165) is 64.3 Å². The standard InChI is InChI=1S/C29H36Cl2N6O2S2/c30-21-15-24(40-18-21)25-27(37-12-10-35(11-13-37)22-4-2-1-3-5-22)41-29(34-25)33-17-19-14-23(31)26(32-16-19)36-8-6-20(7-9-36)28(38)39/h14-16,18,20,22H,1-13,17H2,(H,33,34)(H,38,39). The molecule has 3 aromatic heterocycles. The summed E-state index contributed by atoms with van der Waals surface area (Å²) in [5, 5.41) is 18.1. The smallest absolute Gasteiger partial charge is 0.306 e. The third kappa shape index (κ3) is 6.77. The van der Waals surface area contributed by atoms with E-state index in [4.69, 9.17) is 28.2 Å². The van der Waals surface area contributed by atoms with Crippen molar-refractivity contribution in [2.75, 3.05) is 54.4 Å². The van der Waals surface area contributed by atoms with Gasteiger partial charge in [-0.3, -0.25) is 9.69 Å². The molecule has 2 saturated heterocycles. The van der Waals surface area contributed by atoms with Crippen molar-refractivity contribution in [2.24, 2.45) is 5.92 Å². The molecule has 3 aromatic rings. The minimum absolute atomic E-state index is 0.285. The van der Waals surface area contributed by atoms with Crippen molar-refractivity contribution in [1.82, 2.24) is 14.9 Å². The number of thiophene rings is 1. The molecular weight excluding hydrogens is 599 g/mol. The van der Waals surface area contributed by atoms with Crippen LogP contribution in [0, 0.1) is 5.92 Å². The first-order chi connectivity index (χ1) is 19.9. The van der Waals surface area contributed by atoms with Gasteiger partial charge in [0.25, 0.3) is 0 Å². The summed E-state index contributed by atoms with van der Waals surface area (Å²) in [5.41, 5.74) is 1.97. The molecule has 12 heteroatoms. The second kappa shape index (κ2) is 13.0. The molecule has 1 saturated carbocycles. The number of anilines is 3. The average molecular weight is 636 g/mol. The molecule has 8 nitrogen and oxygen atoms in total. The normalized spacial score (nSPS) is 19.6. The van der Waals surface area contributed by atoms with Crippen LogP contribution in [-0.4, -0.2) is 71.3 Å². The molecule has 41 heavy (non-hydrogen) atoms. The number of thiazole rings is 1. The zero-order valence-corrected chi connectivity index (χ0v) is 26.2. The number of hydrogen-bond donors (Lipinski definition) is 2. The maximum Gasteiger partial charge on any atom is 0.306 e. The van der Waals surface area contributed by atoms with Crippen molar-refractivity contribution in [3.63, 3.8) is 0 Å². The lowest BCUT2D eigenvalue weighted by molar-refractivity contribution is -0.142. The Morgan fingerprint density at radius 1 is 1.00 bits per heavy atom. The number of aliphatic carboxylic acids is 1. The van der Waals surface area contributed by atoms with Crippen LogP contribution in [0.2, 0.25) is 10.0 Å². The van der Waals surface area contributed by atoms with E-state index in [9.17, 15) is 9.90 Å². The molecule has 0 amide bonds. The summed E-state index contributed by atoms with van der Waals surface area (Å²) < 4.78 is 0. The predicted molar refractivity (Wildman–Crippen MR) is 170 cm³/mol. The van der Waals surface area contributed by atoms with Gasteiger partial charge in [0.15, 0.2) is 5.13 Å². The monoisotopic (exact) mass is 634 g/mol. The molecule has 3 fully saturated rings. The zero-order valence-electron chi connectivity index (χ0n) is 23.0. The number of carboxylic acid groups (broad SMARTS) is 1. The van der Waals surface area contributed by atoms with E-state index in [1.165, 1.54) is 37.1 Å². The highest BCUT2D eigenvalue weighted by Crippen LogP contribution is 2.42. The number of carbonyl (C=O) groups is 1. The van der Waals surface area contributed by atoms with Gasteiger partial charge in [-0.25, -0.2) is 9.97 Å². The molecule has 6 rings (SSSR count). The molecule has 0 spiro atoms. The van der Waals surface area contributed by atoms with E-state index in [2.05, 4.69) is 25.0 Å². The fraction of sp³-hybridized carbons (Fsp3) is 0.552. The Morgan fingerprint density at radius 3 is 2.41 bits per heavy atom. The summed E-state index contributed by atoms with van der Waals surface area (Å²) in [7, 11) is 0. The maximum atomic E-state index is 11.3. The Bertz CT molecular complexity index is 1340. The van der Waals surface area contributed by atoms with Crippen molar-refractivity contribution in [3.8, 4) is 10.6 Å². The maximum absolute atomic E-state index is 11.3. The van der Waals surface area contributed by atoms with Crippen LogP contribution in [0.15, 0.2) is 23.7 Å². The van der Waals surface area contributed by atoms with Gasteiger partial charge in [-0.1, -0.05) is 53.8 Å². The number of nitrogens with one attached hydrogen (secondary N) is 1. The fourth-order valence-corrected chi connectivity index (χ4v) is 8.72. The van der Waals surface area contributed by atoms with Crippen LogP contribution in [0.4, 0.5) is 16.0 Å². The van der Waals surface area contributed by atoms with Crippen LogP contribution in [0.5, 0.6) is 0 Å². The van der Waals surface area contributed by atoms with Crippen LogP contribution in [-0.2, 0) is 11.3 Å². The highest BCUT2D eigenvalue weighted by Gasteiger charge is 2.29. The quantitative estimate of drug-likeness (QED) is 0.276. The average Bonchev–Trinajstić information content (AvgIpc) is 3.63. The topological polar surface area (TPSA) is 84.8 Å². The van der Waals surface area contributed by atoms with Crippen LogP contribution < -0.4 is 15.1 Å². The zero-order chi connectivity index (χ0) is 28.3. The SMILES string of the molecule is O=C(O)C1CCN(c2ncc(CNc3nc(-c4cc(Cl)cs4)c(N4CCN(C5CCCCC5)CC4)s3)cc2Cl)CC1. The fourth-order valence-electron chi connectivity index (χ4n) is 6.25. The molecule has 5 heterocycles. The molecule has 0 unspecified atom stereocenters. The first-order valence-electron chi connectivity index (χ1n) is 14.5. The largest absolute Gasteiger partial charge is 0.481 e. The van der Waals surface area contributed by atoms with E-state index >= 15 is 0 Å². The van der Waals surface area contributed by atoms with Gasteiger partial charge in [0.1, 0.15) is 16.5 Å². The van der Waals surface area contributed by atoms with Crippen LogP contribution in [0.25, 0.3) is 10.6 Å². The first kappa shape index (κ1) is 29.0. The number of piperidine rings is 1. The molecule has 2 N–H and O–H groups in total. The van der Waals surface area contributed by atoms with Gasteiger partial charge in [-0.2, -0.15) is 0 Å². The van der Waals surface area contributed by atoms with E-state index in [-0.39, 0.29) is 5.92 Å². The second-order valence-electron chi connectivity index (χ2n) is 11.2. The number of aromatic nitrogens is 2. The van der Waals surface area contributed by atoms with Gasteiger partial charge in [-0.05, 0) is 43.4 Å². The Balaban J connectivity index is 1.12. The van der Waals surface area contributed by atoms with Crippen LogP contribution >= 0.6 is 45.9 Å². The summed E-state index contributed by atoms with van der Waals surface area (Å²) in [6.45, 7) is 6.06. The Hall–Kier alpha value is -2.11. The minimum Gasteiger partial charge on any atom is -0.481 e. The predicted octanol–water partition coefficient (Wildman–Crippen LogP) is 6.94. The van der Waals surface area contributed by atoms with E-state index in [0.29, 0.717) is 37.5 Å². The summed E-state index contributed by atoms with van der Waals surface area (Å²) in [5.74, 6) is -0.282. The van der Waals surface area contributed by atoms with Crippen molar-refractivity contribution in [2.45, 2.75) is 57.5 Å². The Labute approximate surface area is 259 Å². The summed E-state index contributed by atoms with van der Waals surface area (Å²) in [4.78, 5) is 29.3. The van der Waals surface area contributed by atoms with Crippen LogP contribution in [0.1, 0.15) is 50.5 Å². The number of rotatable bonds is 8. The molecule has 1 aliphatic carbocycles. The third-order valence-corrected chi connectivity index (χ3v) is 11.2. The Kier molecular flexibility index (Phi) is 9.22. The summed E-state index contributed by atoms with van der Waals surface area (Å²) in [6, 6.07) is 4.71. The van der Waals surface area contributed by atoms with E-state index in [1.807, 2.05) is 23.7 Å². The van der Waals surface area contributed by atoms with E-state index < -0.39 is 5.97 Å². The molecule has 0 atom stereocenters. The van der Waals surface area contributed by atoms with Crippen LogP contribution in [0.3, 0.4) is 0 Å². The summed E-state index contributed by atoms with van der Waals surface area (Å²) >= 11 is 16.3. The molecular formula is C29H36Cl2N6O2S2. The number of halogens is 2. The summed E-state index contributed by atoms with van der Waals surface area (Å²) in [6.07, 6.45) is 9.87. The molecule has 220 valence electrons. The van der Waals surface area contributed by atoms with Gasteiger partial charge in [0, 0.05) is 63.4 Å². The Morgan fingerprint density at radius 2 is 1.76 bits per heavy atom. The van der Waals surface area contributed by atoms with Crippen molar-refractivity contribution < 1.29 is 9.90 Å². The van der Waals surface area contributed by atoms with E-state index in [1.54, 1.807) is 22.7 Å². The number of nitrogens with zero attached hydrogens (tertiary/aromatic N) is 5.